The zero-order valence-electron chi connectivity index (χ0n) is 10.7. The molecule has 0 radical (unpaired) electrons. The number of hydrogen-bond donors (Lipinski definition) is 1. The first kappa shape index (κ1) is 12.1. The summed E-state index contributed by atoms with van der Waals surface area (Å²) in [5.74, 6) is 2.07. The predicted molar refractivity (Wildman–Crippen MR) is 67.3 cm³/mol. The van der Waals surface area contributed by atoms with Crippen LogP contribution in [0.25, 0.3) is 0 Å². The third-order valence-corrected chi connectivity index (χ3v) is 3.29. The molecule has 94 valence electrons. The fraction of sp³-hybridized carbons (Fsp3) is 0.667. The van der Waals surface area contributed by atoms with E-state index in [-0.39, 0.29) is 0 Å². The highest BCUT2D eigenvalue weighted by Gasteiger charge is 2.24. The summed E-state index contributed by atoms with van der Waals surface area (Å²) in [6, 6.07) is 2.32. The van der Waals surface area contributed by atoms with E-state index in [1.807, 2.05) is 6.07 Å². The van der Waals surface area contributed by atoms with Crippen LogP contribution in [0.2, 0.25) is 0 Å². The monoisotopic (exact) mass is 236 g/mol. The molecule has 5 heteroatoms. The van der Waals surface area contributed by atoms with Gasteiger partial charge < -0.3 is 15.0 Å². The first-order valence-electron chi connectivity index (χ1n) is 6.00. The van der Waals surface area contributed by atoms with Crippen LogP contribution in [0.4, 0.5) is 5.82 Å². The summed E-state index contributed by atoms with van der Waals surface area (Å²) in [5, 5.41) is 3.47. The van der Waals surface area contributed by atoms with Crippen molar-refractivity contribution in [1.82, 2.24) is 14.9 Å². The Hall–Kier alpha value is -1.36. The van der Waals surface area contributed by atoms with E-state index in [0.29, 0.717) is 17.8 Å². The van der Waals surface area contributed by atoms with Crippen LogP contribution in [0, 0.1) is 5.92 Å². The molecule has 0 aromatic carbocycles. The summed E-state index contributed by atoms with van der Waals surface area (Å²) in [7, 11) is 3.78. The lowest BCUT2D eigenvalue weighted by molar-refractivity contribution is 0.206. The van der Waals surface area contributed by atoms with Gasteiger partial charge >= 0.3 is 0 Å². The molecule has 2 unspecified atom stereocenters. The molecule has 0 saturated carbocycles. The van der Waals surface area contributed by atoms with E-state index in [0.717, 1.165) is 25.3 Å². The Bertz CT molecular complexity index is 371. The molecule has 0 aliphatic carbocycles. The van der Waals surface area contributed by atoms with Crippen LogP contribution in [0.1, 0.15) is 13.3 Å². The number of nitrogens with one attached hydrogen (secondary N) is 1. The Morgan fingerprint density at radius 3 is 3.00 bits per heavy atom. The lowest BCUT2D eigenvalue weighted by Gasteiger charge is -2.35. The van der Waals surface area contributed by atoms with Gasteiger partial charge in [0.1, 0.15) is 12.1 Å². The topological polar surface area (TPSA) is 50.3 Å². The Kier molecular flexibility index (Phi) is 3.78. The van der Waals surface area contributed by atoms with Crippen LogP contribution in [0.3, 0.4) is 0 Å². The number of likely N-dealkylation sites (tertiary alicyclic amines) is 1. The predicted octanol–water partition coefficient (Wildman–Crippen LogP) is 1.24. The maximum atomic E-state index is 5.09. The van der Waals surface area contributed by atoms with Crippen molar-refractivity contribution in [3.05, 3.63) is 12.4 Å². The van der Waals surface area contributed by atoms with Crippen molar-refractivity contribution in [2.75, 3.05) is 32.6 Å². The van der Waals surface area contributed by atoms with E-state index in [4.69, 9.17) is 4.74 Å². The average Bonchev–Trinajstić information content (AvgIpc) is 2.33. The summed E-state index contributed by atoms with van der Waals surface area (Å²) >= 11 is 0. The van der Waals surface area contributed by atoms with Crippen molar-refractivity contribution in [3.8, 4) is 5.88 Å². The maximum Gasteiger partial charge on any atom is 0.218 e. The summed E-state index contributed by atoms with van der Waals surface area (Å²) in [6.07, 6.45) is 2.67. The number of methoxy groups -OCH3 is 1. The highest BCUT2D eigenvalue weighted by Crippen LogP contribution is 2.20. The van der Waals surface area contributed by atoms with Gasteiger partial charge in [0.25, 0.3) is 0 Å². The zero-order chi connectivity index (χ0) is 12.3. The van der Waals surface area contributed by atoms with Gasteiger partial charge in [0.15, 0.2) is 0 Å². The zero-order valence-corrected chi connectivity index (χ0v) is 10.7. The second-order valence-corrected chi connectivity index (χ2v) is 4.72. The van der Waals surface area contributed by atoms with Crippen molar-refractivity contribution in [2.45, 2.75) is 19.4 Å². The van der Waals surface area contributed by atoms with Gasteiger partial charge in [-0.2, -0.15) is 0 Å². The molecular weight excluding hydrogens is 216 g/mol. The lowest BCUT2D eigenvalue weighted by atomic mass is 9.94. The minimum atomic E-state index is 0.478. The molecule has 2 heterocycles. The standard InChI is InChI=1S/C12H20N4O/c1-9-7-16(2)5-4-10(9)15-11-6-12(17-3)14-8-13-11/h6,8-10H,4-5,7H2,1-3H3,(H,13,14,15). The lowest BCUT2D eigenvalue weighted by Crippen LogP contribution is -2.43. The SMILES string of the molecule is COc1cc(NC2CCN(C)CC2C)ncn1. The average molecular weight is 236 g/mol. The fourth-order valence-corrected chi connectivity index (χ4v) is 2.29. The van der Waals surface area contributed by atoms with Crippen LogP contribution in [0.5, 0.6) is 5.88 Å². The van der Waals surface area contributed by atoms with Crippen LogP contribution >= 0.6 is 0 Å². The molecule has 17 heavy (non-hydrogen) atoms. The third-order valence-electron chi connectivity index (χ3n) is 3.29. The molecule has 1 aliphatic heterocycles. The third kappa shape index (κ3) is 3.06. The van der Waals surface area contributed by atoms with Crippen LogP contribution in [-0.4, -0.2) is 48.2 Å². The number of piperidine rings is 1. The van der Waals surface area contributed by atoms with Crippen LogP contribution < -0.4 is 10.1 Å². The Balaban J connectivity index is 2.00. The van der Waals surface area contributed by atoms with Gasteiger partial charge in [-0.15, -0.1) is 0 Å². The molecule has 1 aliphatic rings. The van der Waals surface area contributed by atoms with Gasteiger partial charge in [-0.3, -0.25) is 0 Å². The van der Waals surface area contributed by atoms with Gasteiger partial charge in [0.05, 0.1) is 7.11 Å². The Morgan fingerprint density at radius 2 is 2.29 bits per heavy atom. The first-order valence-corrected chi connectivity index (χ1v) is 6.00. The molecule has 1 aromatic heterocycles. The quantitative estimate of drug-likeness (QED) is 0.855. The van der Waals surface area contributed by atoms with E-state index in [1.165, 1.54) is 6.33 Å². The van der Waals surface area contributed by atoms with E-state index in [9.17, 15) is 0 Å². The summed E-state index contributed by atoms with van der Waals surface area (Å²) in [5.41, 5.74) is 0. The molecule has 1 fully saturated rings. The number of ether oxygens (including phenoxy) is 1. The van der Waals surface area contributed by atoms with Gasteiger partial charge in [-0.1, -0.05) is 6.92 Å². The smallest absolute Gasteiger partial charge is 0.218 e. The van der Waals surface area contributed by atoms with Crippen LogP contribution in [-0.2, 0) is 0 Å². The number of hydrogen-bond acceptors (Lipinski definition) is 5. The van der Waals surface area contributed by atoms with Crippen molar-refractivity contribution < 1.29 is 4.74 Å². The fourth-order valence-electron chi connectivity index (χ4n) is 2.29. The van der Waals surface area contributed by atoms with E-state index >= 15 is 0 Å². The molecule has 0 amide bonds. The molecule has 0 bridgehead atoms. The van der Waals surface area contributed by atoms with E-state index in [2.05, 4.69) is 34.2 Å². The Morgan fingerprint density at radius 1 is 1.47 bits per heavy atom. The van der Waals surface area contributed by atoms with Crippen molar-refractivity contribution >= 4 is 5.82 Å². The van der Waals surface area contributed by atoms with Crippen molar-refractivity contribution in [3.63, 3.8) is 0 Å². The number of nitrogens with zero attached hydrogens (tertiary/aromatic N) is 3. The van der Waals surface area contributed by atoms with Crippen molar-refractivity contribution in [1.29, 1.82) is 0 Å². The molecule has 1 saturated heterocycles. The molecule has 0 spiro atoms. The number of anilines is 1. The minimum Gasteiger partial charge on any atom is -0.481 e. The second kappa shape index (κ2) is 5.31. The second-order valence-electron chi connectivity index (χ2n) is 4.72. The first-order chi connectivity index (χ1) is 8.19. The van der Waals surface area contributed by atoms with Crippen molar-refractivity contribution in [2.24, 2.45) is 5.92 Å². The summed E-state index contributed by atoms with van der Waals surface area (Å²) < 4.78 is 5.09. The van der Waals surface area contributed by atoms with E-state index in [1.54, 1.807) is 7.11 Å². The van der Waals surface area contributed by atoms with Gasteiger partial charge in [-0.05, 0) is 25.9 Å². The largest absolute Gasteiger partial charge is 0.481 e. The normalized spacial score (nSPS) is 25.6. The highest BCUT2D eigenvalue weighted by molar-refractivity contribution is 5.38. The summed E-state index contributed by atoms with van der Waals surface area (Å²) in [6.45, 7) is 4.52. The summed E-state index contributed by atoms with van der Waals surface area (Å²) in [4.78, 5) is 10.6. The number of aromatic nitrogens is 2. The Labute approximate surface area is 102 Å². The maximum absolute atomic E-state index is 5.09. The highest BCUT2D eigenvalue weighted by atomic mass is 16.5. The molecule has 5 nitrogen and oxygen atoms in total. The van der Waals surface area contributed by atoms with Gasteiger partial charge in [0, 0.05) is 18.7 Å². The molecular formula is C12H20N4O. The molecule has 2 atom stereocenters. The molecule has 1 N–H and O–H groups in total. The minimum absolute atomic E-state index is 0.478. The molecule has 2 rings (SSSR count). The molecule has 1 aromatic rings. The van der Waals surface area contributed by atoms with E-state index < -0.39 is 0 Å². The number of rotatable bonds is 3. The van der Waals surface area contributed by atoms with Gasteiger partial charge in [-0.25, -0.2) is 9.97 Å². The van der Waals surface area contributed by atoms with Gasteiger partial charge in [0.2, 0.25) is 5.88 Å². The van der Waals surface area contributed by atoms with Crippen LogP contribution in [0.15, 0.2) is 12.4 Å².